The van der Waals surface area contributed by atoms with Crippen LogP contribution in [0.3, 0.4) is 0 Å². The second kappa shape index (κ2) is 7.04. The standard InChI is InChI=1S/C15H19BrN2O3/c1-10-7-11(15(20)21)5-6-18(10)9-14(19)17-13-4-2-3-12(16)8-13/h2-4,8,10-11H,5-7,9H2,1H3,(H,17,19)(H,20,21). The molecule has 0 aliphatic carbocycles. The molecule has 1 aliphatic rings. The molecule has 5 nitrogen and oxygen atoms in total. The summed E-state index contributed by atoms with van der Waals surface area (Å²) >= 11 is 3.36. The Hall–Kier alpha value is -1.40. The molecule has 0 bridgehead atoms. The van der Waals surface area contributed by atoms with Crippen LogP contribution in [0, 0.1) is 5.92 Å². The number of nitrogens with zero attached hydrogens (tertiary/aromatic N) is 1. The van der Waals surface area contributed by atoms with E-state index in [0.717, 1.165) is 10.2 Å². The fourth-order valence-electron chi connectivity index (χ4n) is 2.63. The minimum Gasteiger partial charge on any atom is -0.481 e. The van der Waals surface area contributed by atoms with Crippen molar-refractivity contribution in [2.24, 2.45) is 5.92 Å². The number of halogens is 1. The van der Waals surface area contributed by atoms with Crippen molar-refractivity contribution < 1.29 is 14.7 Å². The molecule has 21 heavy (non-hydrogen) atoms. The highest BCUT2D eigenvalue weighted by Crippen LogP contribution is 2.23. The Morgan fingerprint density at radius 3 is 2.86 bits per heavy atom. The van der Waals surface area contributed by atoms with E-state index in [-0.39, 0.29) is 17.9 Å². The number of carboxylic acids is 1. The number of anilines is 1. The van der Waals surface area contributed by atoms with Crippen LogP contribution in [0.1, 0.15) is 19.8 Å². The zero-order valence-corrected chi connectivity index (χ0v) is 13.5. The first-order chi connectivity index (χ1) is 9.95. The number of carboxylic acid groups (broad SMARTS) is 1. The van der Waals surface area contributed by atoms with E-state index >= 15 is 0 Å². The van der Waals surface area contributed by atoms with E-state index in [0.29, 0.717) is 25.9 Å². The molecule has 2 rings (SSSR count). The molecule has 2 unspecified atom stereocenters. The van der Waals surface area contributed by atoms with E-state index in [4.69, 9.17) is 5.11 Å². The van der Waals surface area contributed by atoms with Crippen LogP contribution in [0.15, 0.2) is 28.7 Å². The second-order valence-corrected chi connectivity index (χ2v) is 6.35. The third-order valence-electron chi connectivity index (χ3n) is 3.82. The summed E-state index contributed by atoms with van der Waals surface area (Å²) in [6.07, 6.45) is 1.20. The van der Waals surface area contributed by atoms with Gasteiger partial charge in [-0.05, 0) is 44.5 Å². The fraction of sp³-hybridized carbons (Fsp3) is 0.467. The zero-order chi connectivity index (χ0) is 15.4. The number of rotatable bonds is 4. The molecule has 2 atom stereocenters. The van der Waals surface area contributed by atoms with Crippen molar-refractivity contribution in [2.75, 3.05) is 18.4 Å². The number of aliphatic carboxylic acids is 1. The summed E-state index contributed by atoms with van der Waals surface area (Å²) in [5.41, 5.74) is 0.752. The lowest BCUT2D eigenvalue weighted by molar-refractivity contribution is -0.144. The van der Waals surface area contributed by atoms with Crippen molar-refractivity contribution in [3.63, 3.8) is 0 Å². The van der Waals surface area contributed by atoms with Gasteiger partial charge in [0.1, 0.15) is 0 Å². The Labute approximate surface area is 132 Å². The molecule has 1 amide bonds. The minimum atomic E-state index is -0.736. The Kier molecular flexibility index (Phi) is 5.36. The molecule has 6 heteroatoms. The number of benzene rings is 1. The smallest absolute Gasteiger partial charge is 0.306 e. The van der Waals surface area contributed by atoms with Gasteiger partial charge in [0.15, 0.2) is 0 Å². The summed E-state index contributed by atoms with van der Waals surface area (Å²) in [7, 11) is 0. The number of likely N-dealkylation sites (tertiary alicyclic amines) is 1. The monoisotopic (exact) mass is 354 g/mol. The van der Waals surface area contributed by atoms with Gasteiger partial charge in [0.05, 0.1) is 12.5 Å². The van der Waals surface area contributed by atoms with Crippen molar-refractivity contribution in [1.82, 2.24) is 4.90 Å². The molecule has 0 radical (unpaired) electrons. The van der Waals surface area contributed by atoms with Gasteiger partial charge in [-0.3, -0.25) is 14.5 Å². The predicted octanol–water partition coefficient (Wildman–Crippen LogP) is 2.57. The average Bonchev–Trinajstić information content (AvgIpc) is 2.40. The van der Waals surface area contributed by atoms with Gasteiger partial charge in [0.25, 0.3) is 0 Å². The van der Waals surface area contributed by atoms with Crippen LogP contribution in [0.5, 0.6) is 0 Å². The molecule has 1 fully saturated rings. The molecular formula is C15H19BrN2O3. The maximum atomic E-state index is 12.1. The molecule has 1 heterocycles. The van der Waals surface area contributed by atoms with Gasteiger partial charge >= 0.3 is 5.97 Å². The first-order valence-corrected chi connectivity index (χ1v) is 7.77. The van der Waals surface area contributed by atoms with Crippen LogP contribution >= 0.6 is 15.9 Å². The number of nitrogens with one attached hydrogen (secondary N) is 1. The zero-order valence-electron chi connectivity index (χ0n) is 11.9. The van der Waals surface area contributed by atoms with E-state index in [1.165, 1.54) is 0 Å². The molecule has 114 valence electrons. The third kappa shape index (κ3) is 4.54. The SMILES string of the molecule is CC1CC(C(=O)O)CCN1CC(=O)Nc1cccc(Br)c1. The van der Waals surface area contributed by atoms with Crippen LogP contribution < -0.4 is 5.32 Å². The molecule has 1 aromatic carbocycles. The van der Waals surface area contributed by atoms with E-state index in [1.807, 2.05) is 36.1 Å². The van der Waals surface area contributed by atoms with Gasteiger partial charge < -0.3 is 10.4 Å². The summed E-state index contributed by atoms with van der Waals surface area (Å²) in [5, 5.41) is 11.9. The number of piperidine rings is 1. The van der Waals surface area contributed by atoms with Crippen LogP contribution in [0.4, 0.5) is 5.69 Å². The van der Waals surface area contributed by atoms with Gasteiger partial charge in [0.2, 0.25) is 5.91 Å². The van der Waals surface area contributed by atoms with Crippen LogP contribution in [0.2, 0.25) is 0 Å². The lowest BCUT2D eigenvalue weighted by atomic mass is 9.92. The Morgan fingerprint density at radius 2 is 2.24 bits per heavy atom. The van der Waals surface area contributed by atoms with E-state index in [2.05, 4.69) is 21.2 Å². The highest BCUT2D eigenvalue weighted by molar-refractivity contribution is 9.10. The summed E-state index contributed by atoms with van der Waals surface area (Å²) in [6, 6.07) is 7.55. The third-order valence-corrected chi connectivity index (χ3v) is 4.31. The van der Waals surface area contributed by atoms with E-state index < -0.39 is 5.97 Å². The number of hydrogen-bond acceptors (Lipinski definition) is 3. The predicted molar refractivity (Wildman–Crippen MR) is 84.2 cm³/mol. The maximum Gasteiger partial charge on any atom is 0.306 e. The van der Waals surface area contributed by atoms with Gasteiger partial charge in [-0.15, -0.1) is 0 Å². The molecule has 0 saturated carbocycles. The minimum absolute atomic E-state index is 0.0753. The highest BCUT2D eigenvalue weighted by atomic mass is 79.9. The Morgan fingerprint density at radius 1 is 1.48 bits per heavy atom. The van der Waals surface area contributed by atoms with Gasteiger partial charge in [-0.25, -0.2) is 0 Å². The first-order valence-electron chi connectivity index (χ1n) is 6.98. The number of carbonyl (C=O) groups excluding carboxylic acids is 1. The maximum absolute atomic E-state index is 12.1. The normalized spacial score (nSPS) is 22.8. The molecule has 1 aliphatic heterocycles. The topological polar surface area (TPSA) is 69.6 Å². The van der Waals surface area contributed by atoms with Gasteiger partial charge in [0, 0.05) is 16.2 Å². The number of hydrogen-bond donors (Lipinski definition) is 2. The van der Waals surface area contributed by atoms with Crippen molar-refractivity contribution in [2.45, 2.75) is 25.8 Å². The Balaban J connectivity index is 1.87. The summed E-state index contributed by atoms with van der Waals surface area (Å²) in [6.45, 7) is 2.91. The highest BCUT2D eigenvalue weighted by Gasteiger charge is 2.30. The molecule has 2 N–H and O–H groups in total. The van der Waals surface area contributed by atoms with E-state index in [1.54, 1.807) is 0 Å². The number of amides is 1. The van der Waals surface area contributed by atoms with Crippen molar-refractivity contribution in [3.8, 4) is 0 Å². The lowest BCUT2D eigenvalue weighted by Crippen LogP contribution is -2.46. The Bertz CT molecular complexity index is 535. The second-order valence-electron chi connectivity index (χ2n) is 5.44. The average molecular weight is 355 g/mol. The van der Waals surface area contributed by atoms with Crippen molar-refractivity contribution >= 4 is 33.5 Å². The summed E-state index contributed by atoms with van der Waals surface area (Å²) < 4.78 is 0.913. The fourth-order valence-corrected chi connectivity index (χ4v) is 3.03. The van der Waals surface area contributed by atoms with Crippen molar-refractivity contribution in [3.05, 3.63) is 28.7 Å². The van der Waals surface area contributed by atoms with E-state index in [9.17, 15) is 9.59 Å². The quantitative estimate of drug-likeness (QED) is 0.871. The molecule has 1 aromatic rings. The molecular weight excluding hydrogens is 336 g/mol. The summed E-state index contributed by atoms with van der Waals surface area (Å²) in [4.78, 5) is 25.1. The van der Waals surface area contributed by atoms with Crippen LogP contribution in [0.25, 0.3) is 0 Å². The van der Waals surface area contributed by atoms with Gasteiger partial charge in [-0.1, -0.05) is 22.0 Å². The molecule has 1 saturated heterocycles. The lowest BCUT2D eigenvalue weighted by Gasteiger charge is -2.35. The molecule has 0 spiro atoms. The van der Waals surface area contributed by atoms with Crippen LogP contribution in [-0.2, 0) is 9.59 Å². The molecule has 0 aromatic heterocycles. The van der Waals surface area contributed by atoms with Crippen LogP contribution in [-0.4, -0.2) is 41.0 Å². The van der Waals surface area contributed by atoms with Gasteiger partial charge in [-0.2, -0.15) is 0 Å². The number of carbonyl (C=O) groups is 2. The summed E-state index contributed by atoms with van der Waals surface area (Å²) in [5.74, 6) is -1.10. The first kappa shape index (κ1) is 16.0. The van der Waals surface area contributed by atoms with Crippen molar-refractivity contribution in [1.29, 1.82) is 0 Å². The largest absolute Gasteiger partial charge is 0.481 e.